The number of hydrogen-bond donors (Lipinski definition) is 1. The molecule has 1 N–H and O–H groups in total. The van der Waals surface area contributed by atoms with Gasteiger partial charge in [-0.3, -0.25) is 5.10 Å². The first-order valence-electron chi connectivity index (χ1n) is 6.75. The average molecular weight is 248 g/mol. The molecule has 1 unspecified atom stereocenters. The van der Waals surface area contributed by atoms with Crippen LogP contribution in [0.5, 0.6) is 0 Å². The lowest BCUT2D eigenvalue weighted by atomic mass is 9.85. The van der Waals surface area contributed by atoms with Gasteiger partial charge in [0.25, 0.3) is 0 Å². The number of nitriles is 1. The molecule has 0 saturated heterocycles. The molecule has 1 fully saturated rings. The molecule has 1 saturated carbocycles. The van der Waals surface area contributed by atoms with Crippen molar-refractivity contribution in [2.45, 2.75) is 51.6 Å². The molecule has 0 bridgehead atoms. The van der Waals surface area contributed by atoms with Crippen molar-refractivity contribution in [2.75, 3.05) is 6.61 Å². The van der Waals surface area contributed by atoms with Crippen molar-refractivity contribution >= 4 is 0 Å². The van der Waals surface area contributed by atoms with Gasteiger partial charge in [-0.1, -0.05) is 19.3 Å². The predicted octanol–water partition coefficient (Wildman–Crippen LogP) is 2.53. The molecule has 2 rings (SSSR count). The van der Waals surface area contributed by atoms with Crippen LogP contribution in [-0.2, 0) is 11.2 Å². The van der Waals surface area contributed by atoms with Crippen LogP contribution in [0.4, 0.5) is 0 Å². The molecule has 1 heterocycles. The van der Waals surface area contributed by atoms with E-state index in [1.54, 1.807) is 0 Å². The maximum absolute atomic E-state index is 8.65. The number of aromatic nitrogens is 3. The quantitative estimate of drug-likeness (QED) is 0.868. The zero-order valence-electron chi connectivity index (χ0n) is 10.9. The minimum absolute atomic E-state index is 0.0148. The number of hydrogen-bond acceptors (Lipinski definition) is 4. The Bertz CT molecular complexity index is 403. The number of nitrogens with zero attached hydrogens (tertiary/aromatic N) is 3. The lowest BCUT2D eigenvalue weighted by Crippen LogP contribution is -2.20. The van der Waals surface area contributed by atoms with Crippen molar-refractivity contribution in [2.24, 2.45) is 5.92 Å². The first kappa shape index (κ1) is 13.0. The van der Waals surface area contributed by atoms with Gasteiger partial charge in [-0.15, -0.1) is 0 Å². The zero-order valence-corrected chi connectivity index (χ0v) is 10.9. The van der Waals surface area contributed by atoms with E-state index >= 15 is 0 Å². The molecule has 0 aliphatic heterocycles. The maximum Gasteiger partial charge on any atom is 0.179 e. The summed E-state index contributed by atoms with van der Waals surface area (Å²) in [6.07, 6.45) is 6.49. The average Bonchev–Trinajstić information content (AvgIpc) is 2.86. The summed E-state index contributed by atoms with van der Waals surface area (Å²) >= 11 is 0. The van der Waals surface area contributed by atoms with Crippen LogP contribution < -0.4 is 0 Å². The standard InChI is InChI=1S/C13H20N4O/c1-2-18-12(10-6-4-3-5-7-10)13-15-11(8-9-14)16-17-13/h10,12H,2-8H2,1H3,(H,15,16,17). The van der Waals surface area contributed by atoms with E-state index in [2.05, 4.69) is 21.3 Å². The van der Waals surface area contributed by atoms with Gasteiger partial charge in [-0.05, 0) is 25.7 Å². The predicted molar refractivity (Wildman–Crippen MR) is 66.6 cm³/mol. The van der Waals surface area contributed by atoms with E-state index in [9.17, 15) is 0 Å². The maximum atomic E-state index is 8.65. The van der Waals surface area contributed by atoms with Crippen molar-refractivity contribution in [1.82, 2.24) is 15.2 Å². The third kappa shape index (κ3) is 3.08. The first-order valence-corrected chi connectivity index (χ1v) is 6.75. The molecule has 0 aromatic carbocycles. The molecular formula is C13H20N4O. The van der Waals surface area contributed by atoms with Gasteiger partial charge in [0, 0.05) is 6.61 Å². The molecule has 5 heteroatoms. The first-order chi connectivity index (χ1) is 8.85. The van der Waals surface area contributed by atoms with Crippen molar-refractivity contribution < 1.29 is 4.74 Å². The minimum Gasteiger partial charge on any atom is -0.370 e. The SMILES string of the molecule is CCOC(c1n[nH]c(CC#N)n1)C1CCCCC1. The molecule has 1 atom stereocenters. The van der Waals surface area contributed by atoms with E-state index in [1.165, 1.54) is 32.1 Å². The van der Waals surface area contributed by atoms with Gasteiger partial charge < -0.3 is 4.74 Å². The summed E-state index contributed by atoms with van der Waals surface area (Å²) < 4.78 is 5.83. The molecule has 98 valence electrons. The second-order valence-corrected chi connectivity index (χ2v) is 4.75. The topological polar surface area (TPSA) is 74.6 Å². The second-order valence-electron chi connectivity index (χ2n) is 4.75. The van der Waals surface area contributed by atoms with E-state index in [1.807, 2.05) is 6.92 Å². The molecule has 1 aliphatic rings. The summed E-state index contributed by atoms with van der Waals surface area (Å²) in [5, 5.41) is 15.7. The molecule has 18 heavy (non-hydrogen) atoms. The Kier molecular flexibility index (Phi) is 4.71. The van der Waals surface area contributed by atoms with E-state index in [4.69, 9.17) is 10.00 Å². The van der Waals surface area contributed by atoms with Crippen LogP contribution in [0.15, 0.2) is 0 Å². The van der Waals surface area contributed by atoms with E-state index < -0.39 is 0 Å². The van der Waals surface area contributed by atoms with Crippen LogP contribution in [0, 0.1) is 17.2 Å². The van der Waals surface area contributed by atoms with Crippen LogP contribution in [0.3, 0.4) is 0 Å². The van der Waals surface area contributed by atoms with Gasteiger partial charge in [0.05, 0.1) is 12.5 Å². The molecule has 0 radical (unpaired) electrons. The Hall–Kier alpha value is -1.41. The fourth-order valence-electron chi connectivity index (χ4n) is 2.63. The van der Waals surface area contributed by atoms with Gasteiger partial charge in [0.1, 0.15) is 11.9 Å². The molecular weight excluding hydrogens is 228 g/mol. The lowest BCUT2D eigenvalue weighted by Gasteiger charge is -2.28. The van der Waals surface area contributed by atoms with Crippen molar-refractivity contribution in [3.63, 3.8) is 0 Å². The zero-order chi connectivity index (χ0) is 12.8. The molecule has 5 nitrogen and oxygen atoms in total. The highest BCUT2D eigenvalue weighted by Gasteiger charge is 2.28. The lowest BCUT2D eigenvalue weighted by molar-refractivity contribution is 0.0000183. The third-order valence-corrected chi connectivity index (χ3v) is 3.47. The van der Waals surface area contributed by atoms with Crippen LogP contribution in [0.2, 0.25) is 0 Å². The smallest absolute Gasteiger partial charge is 0.179 e. The Balaban J connectivity index is 2.09. The Labute approximate surface area is 108 Å². The summed E-state index contributed by atoms with van der Waals surface area (Å²) in [6.45, 7) is 2.67. The second kappa shape index (κ2) is 6.50. The third-order valence-electron chi connectivity index (χ3n) is 3.47. The summed E-state index contributed by atoms with van der Waals surface area (Å²) in [5.74, 6) is 1.87. The Morgan fingerprint density at radius 1 is 1.44 bits per heavy atom. The number of nitrogens with one attached hydrogen (secondary N) is 1. The largest absolute Gasteiger partial charge is 0.370 e. The van der Waals surface area contributed by atoms with Gasteiger partial charge in [-0.2, -0.15) is 10.4 Å². The van der Waals surface area contributed by atoms with Crippen LogP contribution >= 0.6 is 0 Å². The van der Waals surface area contributed by atoms with E-state index in [0.717, 1.165) is 0 Å². The fraction of sp³-hybridized carbons (Fsp3) is 0.769. The van der Waals surface area contributed by atoms with Gasteiger partial charge in [0.15, 0.2) is 5.82 Å². The number of ether oxygens (including phenoxy) is 1. The van der Waals surface area contributed by atoms with Crippen LogP contribution in [0.25, 0.3) is 0 Å². The normalized spacial score (nSPS) is 18.4. The van der Waals surface area contributed by atoms with E-state index in [-0.39, 0.29) is 12.5 Å². The van der Waals surface area contributed by atoms with Gasteiger partial charge in [-0.25, -0.2) is 4.98 Å². The van der Waals surface area contributed by atoms with Crippen LogP contribution in [-0.4, -0.2) is 21.8 Å². The number of rotatable bonds is 5. The van der Waals surface area contributed by atoms with Crippen molar-refractivity contribution in [3.8, 4) is 6.07 Å². The molecule has 1 aromatic heterocycles. The van der Waals surface area contributed by atoms with Crippen molar-refractivity contribution in [3.05, 3.63) is 11.6 Å². The van der Waals surface area contributed by atoms with Crippen molar-refractivity contribution in [1.29, 1.82) is 5.26 Å². The molecule has 0 amide bonds. The molecule has 1 aromatic rings. The summed E-state index contributed by atoms with van der Waals surface area (Å²) in [4.78, 5) is 4.38. The Morgan fingerprint density at radius 2 is 2.22 bits per heavy atom. The Morgan fingerprint density at radius 3 is 2.89 bits per heavy atom. The molecule has 1 aliphatic carbocycles. The van der Waals surface area contributed by atoms with E-state index in [0.29, 0.717) is 24.2 Å². The fourth-order valence-corrected chi connectivity index (χ4v) is 2.63. The van der Waals surface area contributed by atoms with Gasteiger partial charge in [0.2, 0.25) is 0 Å². The van der Waals surface area contributed by atoms with Gasteiger partial charge >= 0.3 is 0 Å². The monoisotopic (exact) mass is 248 g/mol. The van der Waals surface area contributed by atoms with Crippen LogP contribution in [0.1, 0.15) is 56.8 Å². The number of aromatic amines is 1. The number of H-pyrrole nitrogens is 1. The minimum atomic E-state index is -0.0148. The summed E-state index contributed by atoms with van der Waals surface area (Å²) in [6, 6.07) is 2.07. The highest BCUT2D eigenvalue weighted by atomic mass is 16.5. The highest BCUT2D eigenvalue weighted by molar-refractivity contribution is 5.01. The summed E-state index contributed by atoms with van der Waals surface area (Å²) in [7, 11) is 0. The highest BCUT2D eigenvalue weighted by Crippen LogP contribution is 2.35. The molecule has 0 spiro atoms. The summed E-state index contributed by atoms with van der Waals surface area (Å²) in [5.41, 5.74) is 0.